The Labute approximate surface area is 214 Å². The number of barbiturate groups is 1. The first-order valence-electron chi connectivity index (χ1n) is 11.0. The van der Waals surface area contributed by atoms with E-state index in [1.165, 1.54) is 0 Å². The van der Waals surface area contributed by atoms with Crippen molar-refractivity contribution >= 4 is 17.8 Å². The smallest absolute Gasteiger partial charge is 0.274 e. The van der Waals surface area contributed by atoms with Crippen molar-refractivity contribution < 1.29 is 58.3 Å². The Bertz CT molecular complexity index is 1130. The molecule has 0 aliphatic carbocycles. The Balaban J connectivity index is 1.70. The highest BCUT2D eigenvalue weighted by Crippen LogP contribution is 2.32. The summed E-state index contributed by atoms with van der Waals surface area (Å²) in [5.74, 6) is -10.6. The lowest BCUT2D eigenvalue weighted by Gasteiger charge is -2.36. The molecule has 1 aliphatic heterocycles. The molecule has 0 spiro atoms. The molecule has 0 saturated carbocycles. The van der Waals surface area contributed by atoms with Crippen molar-refractivity contribution in [3.63, 3.8) is 0 Å². The zero-order chi connectivity index (χ0) is 29.4. The molecule has 1 heterocycles. The third-order valence-electron chi connectivity index (χ3n) is 5.63. The number of imide groups is 2. The largest absolute Gasteiger partial charge is 0.416 e. The third kappa shape index (κ3) is 7.69. The quantitative estimate of drug-likeness (QED) is 0.290. The first kappa shape index (κ1) is 29.9. The molecular formula is C24H18F10N2O3. The highest BCUT2D eigenvalue weighted by atomic mass is 19.4. The number of hydrogen-bond donors (Lipinski definition) is 0. The van der Waals surface area contributed by atoms with Crippen LogP contribution in [0, 0.1) is 0 Å². The van der Waals surface area contributed by atoms with Gasteiger partial charge in [0.2, 0.25) is 11.8 Å². The zero-order valence-electron chi connectivity index (χ0n) is 19.6. The number of alkyl halides is 10. The zero-order valence-corrected chi connectivity index (χ0v) is 19.6. The second kappa shape index (κ2) is 10.5. The van der Waals surface area contributed by atoms with Gasteiger partial charge in [-0.25, -0.2) is 22.4 Å². The molecule has 4 amide bonds. The maximum absolute atomic E-state index is 14.6. The summed E-state index contributed by atoms with van der Waals surface area (Å²) >= 11 is 0. The average Bonchev–Trinajstić information content (AvgIpc) is 2.78. The van der Waals surface area contributed by atoms with Gasteiger partial charge in [0, 0.05) is 12.8 Å². The number of hydrogen-bond acceptors (Lipinski definition) is 3. The molecule has 0 unspecified atom stereocenters. The van der Waals surface area contributed by atoms with E-state index >= 15 is 0 Å². The van der Waals surface area contributed by atoms with Crippen molar-refractivity contribution in [2.45, 2.75) is 43.5 Å². The van der Waals surface area contributed by atoms with Gasteiger partial charge in [-0.1, -0.05) is 24.3 Å². The minimum Gasteiger partial charge on any atom is -0.274 e. The molecule has 1 aliphatic rings. The lowest BCUT2D eigenvalue weighted by molar-refractivity contribution is -0.149. The Kier molecular flexibility index (Phi) is 8.04. The summed E-state index contributed by atoms with van der Waals surface area (Å²) < 4.78 is 135. The molecule has 1 saturated heterocycles. The predicted molar refractivity (Wildman–Crippen MR) is 114 cm³/mol. The van der Waals surface area contributed by atoms with Crippen molar-refractivity contribution in [1.29, 1.82) is 0 Å². The maximum Gasteiger partial charge on any atom is 0.416 e. The second-order valence-corrected chi connectivity index (χ2v) is 8.87. The summed E-state index contributed by atoms with van der Waals surface area (Å²) in [6.07, 6.45) is -13.0. The van der Waals surface area contributed by atoms with E-state index in [1.54, 1.807) is 0 Å². The first-order chi connectivity index (χ1) is 17.8. The Morgan fingerprint density at radius 2 is 0.846 bits per heavy atom. The number of benzene rings is 2. The predicted octanol–water partition coefficient (Wildman–Crippen LogP) is 5.96. The SMILES string of the molecule is O=C1CC(=O)N(CC(F)(F)Cc2ccc(C(F)(F)F)cc2)C(=O)N1CC(F)(F)Cc1ccc(C(F)(F)F)cc1. The van der Waals surface area contributed by atoms with Crippen LogP contribution in [-0.2, 0) is 34.8 Å². The van der Waals surface area contributed by atoms with Crippen LogP contribution in [0.5, 0.6) is 0 Å². The van der Waals surface area contributed by atoms with Crippen LogP contribution in [0.4, 0.5) is 48.7 Å². The van der Waals surface area contributed by atoms with Crippen molar-refractivity contribution in [3.05, 3.63) is 70.8 Å². The topological polar surface area (TPSA) is 57.7 Å². The number of urea groups is 1. The fourth-order valence-corrected chi connectivity index (χ4v) is 3.79. The van der Waals surface area contributed by atoms with Gasteiger partial charge in [-0.3, -0.25) is 19.4 Å². The standard InChI is InChI=1S/C24H18F10N2O3/c25-21(26,10-14-1-5-16(6-2-14)23(29,30)31)12-35-18(37)9-19(38)36(20(35)39)13-22(27,28)11-15-3-7-17(8-4-15)24(32,33)34/h1-8H,9-13H2. The Morgan fingerprint density at radius 1 is 0.538 bits per heavy atom. The molecule has 212 valence electrons. The van der Waals surface area contributed by atoms with Crippen LogP contribution < -0.4 is 0 Å². The van der Waals surface area contributed by atoms with Crippen LogP contribution in [-0.4, -0.2) is 52.6 Å². The van der Waals surface area contributed by atoms with E-state index < -0.39 is 85.5 Å². The van der Waals surface area contributed by atoms with Crippen LogP contribution in [0.2, 0.25) is 0 Å². The summed E-state index contributed by atoms with van der Waals surface area (Å²) in [5, 5.41) is 0. The lowest BCUT2D eigenvalue weighted by Crippen LogP contribution is -2.60. The van der Waals surface area contributed by atoms with E-state index in [2.05, 4.69) is 0 Å². The molecule has 0 atom stereocenters. The molecule has 0 radical (unpaired) electrons. The van der Waals surface area contributed by atoms with Crippen LogP contribution in [0.1, 0.15) is 28.7 Å². The Hall–Kier alpha value is -3.65. The molecule has 1 fully saturated rings. The van der Waals surface area contributed by atoms with Gasteiger partial charge in [0.1, 0.15) is 6.42 Å². The minimum absolute atomic E-state index is 0.0975. The molecule has 39 heavy (non-hydrogen) atoms. The second-order valence-electron chi connectivity index (χ2n) is 8.87. The van der Waals surface area contributed by atoms with Crippen LogP contribution in [0.3, 0.4) is 0 Å². The van der Waals surface area contributed by atoms with Gasteiger partial charge in [0.15, 0.2) is 0 Å². The molecule has 5 nitrogen and oxygen atoms in total. The van der Waals surface area contributed by atoms with Crippen molar-refractivity contribution in [1.82, 2.24) is 9.80 Å². The molecule has 0 aromatic heterocycles. The third-order valence-corrected chi connectivity index (χ3v) is 5.63. The number of amides is 4. The lowest BCUT2D eigenvalue weighted by atomic mass is 10.0. The first-order valence-corrected chi connectivity index (χ1v) is 11.0. The van der Waals surface area contributed by atoms with Gasteiger partial charge in [-0.05, 0) is 35.4 Å². The van der Waals surface area contributed by atoms with Crippen molar-refractivity contribution in [2.75, 3.05) is 13.1 Å². The highest BCUT2D eigenvalue weighted by molar-refractivity contribution is 6.14. The van der Waals surface area contributed by atoms with Gasteiger partial charge < -0.3 is 0 Å². The van der Waals surface area contributed by atoms with Gasteiger partial charge in [0.05, 0.1) is 24.2 Å². The van der Waals surface area contributed by atoms with Crippen LogP contribution in [0.15, 0.2) is 48.5 Å². The molecular weight excluding hydrogens is 554 g/mol. The number of rotatable bonds is 8. The van der Waals surface area contributed by atoms with E-state index in [0.717, 1.165) is 24.3 Å². The number of halogens is 10. The number of nitrogens with zero attached hydrogens (tertiary/aromatic N) is 2. The molecule has 0 bridgehead atoms. The van der Waals surface area contributed by atoms with E-state index in [-0.39, 0.29) is 20.9 Å². The minimum atomic E-state index is -4.71. The fraction of sp³-hybridized carbons (Fsp3) is 0.375. The summed E-state index contributed by atoms with van der Waals surface area (Å²) in [7, 11) is 0. The van der Waals surface area contributed by atoms with E-state index in [9.17, 15) is 58.3 Å². The van der Waals surface area contributed by atoms with Crippen molar-refractivity contribution in [3.8, 4) is 0 Å². The van der Waals surface area contributed by atoms with Crippen LogP contribution in [0.25, 0.3) is 0 Å². The van der Waals surface area contributed by atoms with Gasteiger partial charge in [0.25, 0.3) is 11.8 Å². The fourth-order valence-electron chi connectivity index (χ4n) is 3.79. The molecule has 2 aromatic carbocycles. The Morgan fingerprint density at radius 3 is 1.13 bits per heavy atom. The summed E-state index contributed by atoms with van der Waals surface area (Å²) in [5.41, 5.74) is -2.74. The number of carbonyl (C=O) groups is 3. The molecule has 15 heteroatoms. The molecule has 0 N–H and O–H groups in total. The summed E-state index contributed by atoms with van der Waals surface area (Å²) in [4.78, 5) is 36.7. The molecule has 2 aromatic rings. The van der Waals surface area contributed by atoms with E-state index in [4.69, 9.17) is 0 Å². The number of carbonyl (C=O) groups excluding carboxylic acids is 3. The molecule has 3 rings (SSSR count). The van der Waals surface area contributed by atoms with Crippen molar-refractivity contribution in [2.24, 2.45) is 0 Å². The summed E-state index contributed by atoms with van der Waals surface area (Å²) in [6, 6.07) is 3.56. The van der Waals surface area contributed by atoms with Crippen LogP contribution >= 0.6 is 0 Å². The van der Waals surface area contributed by atoms with Gasteiger partial charge >= 0.3 is 18.4 Å². The highest BCUT2D eigenvalue weighted by Gasteiger charge is 2.47. The van der Waals surface area contributed by atoms with Gasteiger partial charge in [-0.15, -0.1) is 0 Å². The van der Waals surface area contributed by atoms with E-state index in [0.29, 0.717) is 24.3 Å². The summed E-state index contributed by atoms with van der Waals surface area (Å²) in [6.45, 7) is -3.28. The van der Waals surface area contributed by atoms with E-state index in [1.807, 2.05) is 0 Å². The average molecular weight is 572 g/mol. The van der Waals surface area contributed by atoms with Gasteiger partial charge in [-0.2, -0.15) is 26.3 Å². The normalized spacial score (nSPS) is 15.8. The maximum atomic E-state index is 14.6. The monoisotopic (exact) mass is 572 g/mol.